The standard InChI is InChI=1S/C12H12N2OS/c1-13-10-5-15-12-4-8(2-3-9(10)12)11-6-16-7-14-11/h2-4,6-7,10,13H,5H2,1H3/t10-/m1/s1. The molecule has 1 aromatic heterocycles. The molecule has 0 amide bonds. The molecule has 1 aromatic carbocycles. The van der Waals surface area contributed by atoms with Crippen molar-refractivity contribution < 1.29 is 4.74 Å². The first kappa shape index (κ1) is 9.81. The number of thiazole rings is 1. The molecule has 16 heavy (non-hydrogen) atoms. The molecule has 0 bridgehead atoms. The molecule has 1 aliphatic heterocycles. The normalized spacial score (nSPS) is 18.2. The Morgan fingerprint density at radius 2 is 2.44 bits per heavy atom. The molecule has 0 spiro atoms. The lowest BCUT2D eigenvalue weighted by atomic mass is 10.1. The van der Waals surface area contributed by atoms with E-state index in [1.54, 1.807) is 11.3 Å². The van der Waals surface area contributed by atoms with Crippen molar-refractivity contribution in [2.24, 2.45) is 0 Å². The molecule has 0 aliphatic carbocycles. The van der Waals surface area contributed by atoms with Crippen molar-refractivity contribution in [2.75, 3.05) is 13.7 Å². The zero-order chi connectivity index (χ0) is 11.0. The molecule has 4 heteroatoms. The molecule has 82 valence electrons. The van der Waals surface area contributed by atoms with E-state index >= 15 is 0 Å². The molecule has 0 fully saturated rings. The predicted molar refractivity (Wildman–Crippen MR) is 64.8 cm³/mol. The molecule has 0 unspecified atom stereocenters. The molecular formula is C12H12N2OS. The second-order valence-corrected chi connectivity index (χ2v) is 4.50. The van der Waals surface area contributed by atoms with Gasteiger partial charge >= 0.3 is 0 Å². The van der Waals surface area contributed by atoms with Crippen LogP contribution in [-0.2, 0) is 0 Å². The number of aromatic nitrogens is 1. The lowest BCUT2D eigenvalue weighted by Gasteiger charge is -2.06. The average molecular weight is 232 g/mol. The van der Waals surface area contributed by atoms with Crippen LogP contribution in [0.4, 0.5) is 0 Å². The van der Waals surface area contributed by atoms with Gasteiger partial charge in [-0.2, -0.15) is 0 Å². The Kier molecular flexibility index (Phi) is 2.38. The highest BCUT2D eigenvalue weighted by molar-refractivity contribution is 7.07. The Hall–Kier alpha value is -1.39. The number of nitrogens with one attached hydrogen (secondary N) is 1. The van der Waals surface area contributed by atoms with E-state index in [9.17, 15) is 0 Å². The van der Waals surface area contributed by atoms with Crippen molar-refractivity contribution in [3.63, 3.8) is 0 Å². The van der Waals surface area contributed by atoms with Gasteiger partial charge in [0.15, 0.2) is 0 Å². The fraction of sp³-hybridized carbons (Fsp3) is 0.250. The number of hydrogen-bond donors (Lipinski definition) is 1. The van der Waals surface area contributed by atoms with Crippen molar-refractivity contribution >= 4 is 11.3 Å². The van der Waals surface area contributed by atoms with Gasteiger partial charge in [0.25, 0.3) is 0 Å². The molecule has 1 aliphatic rings. The fourth-order valence-electron chi connectivity index (χ4n) is 1.96. The third-order valence-corrected chi connectivity index (χ3v) is 3.46. The van der Waals surface area contributed by atoms with Crippen molar-refractivity contribution in [1.29, 1.82) is 0 Å². The maximum absolute atomic E-state index is 5.65. The van der Waals surface area contributed by atoms with Gasteiger partial charge in [0.05, 0.1) is 17.2 Å². The van der Waals surface area contributed by atoms with Gasteiger partial charge in [-0.3, -0.25) is 0 Å². The smallest absolute Gasteiger partial charge is 0.124 e. The van der Waals surface area contributed by atoms with E-state index in [-0.39, 0.29) is 0 Å². The summed E-state index contributed by atoms with van der Waals surface area (Å²) in [5, 5.41) is 5.28. The second-order valence-electron chi connectivity index (χ2n) is 3.78. The molecule has 3 nitrogen and oxygen atoms in total. The summed E-state index contributed by atoms with van der Waals surface area (Å²) in [6, 6.07) is 6.62. The summed E-state index contributed by atoms with van der Waals surface area (Å²) in [7, 11) is 1.96. The molecule has 0 saturated heterocycles. The van der Waals surface area contributed by atoms with E-state index in [0.717, 1.165) is 17.0 Å². The second kappa shape index (κ2) is 3.88. The summed E-state index contributed by atoms with van der Waals surface area (Å²) < 4.78 is 5.65. The first-order chi connectivity index (χ1) is 7.88. The van der Waals surface area contributed by atoms with Crippen LogP contribution in [0.15, 0.2) is 29.1 Å². The summed E-state index contributed by atoms with van der Waals surface area (Å²) in [4.78, 5) is 4.30. The summed E-state index contributed by atoms with van der Waals surface area (Å²) in [6.45, 7) is 0.715. The van der Waals surface area contributed by atoms with E-state index in [1.165, 1.54) is 5.56 Å². The van der Waals surface area contributed by atoms with Gasteiger partial charge in [0.1, 0.15) is 12.4 Å². The maximum Gasteiger partial charge on any atom is 0.124 e. The quantitative estimate of drug-likeness (QED) is 0.863. The highest BCUT2D eigenvalue weighted by Crippen LogP contribution is 2.35. The maximum atomic E-state index is 5.65. The Bertz CT molecular complexity index is 496. The minimum Gasteiger partial charge on any atom is -0.491 e. The molecule has 2 heterocycles. The third-order valence-electron chi connectivity index (χ3n) is 2.87. The zero-order valence-corrected chi connectivity index (χ0v) is 9.75. The summed E-state index contributed by atoms with van der Waals surface area (Å²) in [5.74, 6) is 0.977. The van der Waals surface area contributed by atoms with Crippen molar-refractivity contribution in [3.8, 4) is 17.0 Å². The Morgan fingerprint density at radius 1 is 1.50 bits per heavy atom. The van der Waals surface area contributed by atoms with E-state index in [2.05, 4.69) is 28.5 Å². The van der Waals surface area contributed by atoms with Gasteiger partial charge in [-0.15, -0.1) is 11.3 Å². The minimum atomic E-state index is 0.319. The topological polar surface area (TPSA) is 34.1 Å². The molecule has 1 atom stereocenters. The van der Waals surface area contributed by atoms with Crippen LogP contribution in [-0.4, -0.2) is 18.6 Å². The van der Waals surface area contributed by atoms with Gasteiger partial charge in [0, 0.05) is 16.5 Å². The number of benzene rings is 1. The largest absolute Gasteiger partial charge is 0.491 e. The monoisotopic (exact) mass is 232 g/mol. The van der Waals surface area contributed by atoms with Gasteiger partial charge in [-0.25, -0.2) is 4.98 Å². The fourth-order valence-corrected chi connectivity index (χ4v) is 2.52. The number of fused-ring (bicyclic) bond motifs is 1. The van der Waals surface area contributed by atoms with Crippen LogP contribution in [0.25, 0.3) is 11.3 Å². The molecule has 0 saturated carbocycles. The summed E-state index contributed by atoms with van der Waals surface area (Å²) in [6.07, 6.45) is 0. The average Bonchev–Trinajstić information content (AvgIpc) is 2.97. The highest BCUT2D eigenvalue weighted by Gasteiger charge is 2.22. The third kappa shape index (κ3) is 1.50. The lowest BCUT2D eigenvalue weighted by Crippen LogP contribution is -2.16. The van der Waals surface area contributed by atoms with Crippen LogP contribution in [0.2, 0.25) is 0 Å². The van der Waals surface area contributed by atoms with Gasteiger partial charge in [-0.1, -0.05) is 12.1 Å². The molecule has 0 radical (unpaired) electrons. The van der Waals surface area contributed by atoms with Crippen LogP contribution < -0.4 is 10.1 Å². The SMILES string of the molecule is CN[C@@H]1COc2cc(-c3cscn3)ccc21. The summed E-state index contributed by atoms with van der Waals surface area (Å²) in [5.41, 5.74) is 5.22. The first-order valence-electron chi connectivity index (χ1n) is 5.21. The van der Waals surface area contributed by atoms with Gasteiger partial charge in [-0.05, 0) is 13.1 Å². The lowest BCUT2D eigenvalue weighted by molar-refractivity contribution is 0.318. The first-order valence-corrected chi connectivity index (χ1v) is 6.15. The highest BCUT2D eigenvalue weighted by atomic mass is 32.1. The Labute approximate surface area is 98.1 Å². The Balaban J connectivity index is 2.01. The van der Waals surface area contributed by atoms with Crippen LogP contribution in [0.5, 0.6) is 5.75 Å². The number of ether oxygens (including phenoxy) is 1. The van der Waals surface area contributed by atoms with Gasteiger partial charge < -0.3 is 10.1 Å². The van der Waals surface area contributed by atoms with Crippen LogP contribution in [0.3, 0.4) is 0 Å². The van der Waals surface area contributed by atoms with Crippen LogP contribution in [0, 0.1) is 0 Å². The molecule has 2 aromatic rings. The molecule has 3 rings (SSSR count). The number of nitrogens with zero attached hydrogens (tertiary/aromatic N) is 1. The van der Waals surface area contributed by atoms with Gasteiger partial charge in [0.2, 0.25) is 0 Å². The number of likely N-dealkylation sites (N-methyl/N-ethyl adjacent to an activating group) is 1. The molecule has 1 N–H and O–H groups in total. The van der Waals surface area contributed by atoms with Crippen molar-refractivity contribution in [3.05, 3.63) is 34.7 Å². The van der Waals surface area contributed by atoms with E-state index in [0.29, 0.717) is 12.6 Å². The van der Waals surface area contributed by atoms with Crippen molar-refractivity contribution in [1.82, 2.24) is 10.3 Å². The molecular weight excluding hydrogens is 220 g/mol. The summed E-state index contributed by atoms with van der Waals surface area (Å²) >= 11 is 1.61. The van der Waals surface area contributed by atoms with Crippen molar-refractivity contribution in [2.45, 2.75) is 6.04 Å². The number of rotatable bonds is 2. The Morgan fingerprint density at radius 3 is 3.19 bits per heavy atom. The van der Waals surface area contributed by atoms with Crippen LogP contribution in [0.1, 0.15) is 11.6 Å². The van der Waals surface area contributed by atoms with E-state index in [1.807, 2.05) is 17.9 Å². The van der Waals surface area contributed by atoms with E-state index in [4.69, 9.17) is 4.74 Å². The minimum absolute atomic E-state index is 0.319. The van der Waals surface area contributed by atoms with Crippen LogP contribution >= 0.6 is 11.3 Å². The van der Waals surface area contributed by atoms with E-state index < -0.39 is 0 Å². The zero-order valence-electron chi connectivity index (χ0n) is 8.93. The predicted octanol–water partition coefficient (Wildman–Crippen LogP) is 2.46. The number of hydrogen-bond acceptors (Lipinski definition) is 4.